The van der Waals surface area contributed by atoms with E-state index in [0.717, 1.165) is 5.56 Å². The van der Waals surface area contributed by atoms with Gasteiger partial charge in [-0.3, -0.25) is 0 Å². The molecule has 0 aliphatic heterocycles. The molecule has 0 radical (unpaired) electrons. The highest BCUT2D eigenvalue weighted by Gasteiger charge is 1.89. The van der Waals surface area contributed by atoms with Crippen LogP contribution in [0, 0.1) is 0 Å². The second kappa shape index (κ2) is 7.56. The minimum atomic E-state index is 0.678. The van der Waals surface area contributed by atoms with Crippen molar-refractivity contribution >= 4 is 6.08 Å². The zero-order valence-electron chi connectivity index (χ0n) is 8.71. The summed E-state index contributed by atoms with van der Waals surface area (Å²) in [4.78, 5) is 0. The molecule has 0 aliphatic carbocycles. The maximum absolute atomic E-state index is 4.98. The molecule has 0 aromatic heterocycles. The Hall–Kier alpha value is -1.08. The van der Waals surface area contributed by atoms with Gasteiger partial charge in [-0.15, -0.1) is 0 Å². The van der Waals surface area contributed by atoms with Gasteiger partial charge in [0.25, 0.3) is 0 Å². The third-order valence-corrected chi connectivity index (χ3v) is 1.53. The first kappa shape index (κ1) is 11.9. The van der Waals surface area contributed by atoms with E-state index in [1.165, 1.54) is 5.56 Å². The summed E-state index contributed by atoms with van der Waals surface area (Å²) in [6, 6.07) is 8.14. The zero-order valence-corrected chi connectivity index (χ0v) is 8.71. The van der Waals surface area contributed by atoms with Crippen LogP contribution in [-0.4, -0.2) is 7.11 Å². The molecule has 0 unspecified atom stereocenters. The van der Waals surface area contributed by atoms with Gasteiger partial charge in [-0.2, -0.15) is 0 Å². The topological polar surface area (TPSA) is 9.23 Å². The fraction of sp³-hybridized carbons (Fsp3) is 0.333. The molecule has 0 atom stereocenters. The van der Waals surface area contributed by atoms with Gasteiger partial charge < -0.3 is 4.74 Å². The van der Waals surface area contributed by atoms with E-state index in [2.05, 4.69) is 6.58 Å². The third-order valence-electron chi connectivity index (χ3n) is 1.53. The Labute approximate surface area is 81.1 Å². The van der Waals surface area contributed by atoms with Gasteiger partial charge in [0.15, 0.2) is 0 Å². The lowest BCUT2D eigenvalue weighted by molar-refractivity contribution is 0.185. The molecule has 13 heavy (non-hydrogen) atoms. The maximum atomic E-state index is 4.98. The first-order valence-electron chi connectivity index (χ1n) is 4.57. The molecular formula is C12H18O. The van der Waals surface area contributed by atoms with Crippen molar-refractivity contribution in [2.24, 2.45) is 0 Å². The van der Waals surface area contributed by atoms with Gasteiger partial charge in [-0.05, 0) is 11.1 Å². The molecule has 1 aromatic rings. The standard InChI is InChI=1S/C10H12O.C2H6/c1-3-9-4-6-10(7-5-9)8-11-2;1-2/h3-7H,1,8H2,2H3;1-2H3. The first-order valence-corrected chi connectivity index (χ1v) is 4.57. The lowest BCUT2D eigenvalue weighted by Crippen LogP contribution is -1.85. The number of ether oxygens (including phenoxy) is 1. The van der Waals surface area contributed by atoms with Gasteiger partial charge >= 0.3 is 0 Å². The molecule has 0 bridgehead atoms. The van der Waals surface area contributed by atoms with Crippen molar-refractivity contribution in [2.75, 3.05) is 7.11 Å². The van der Waals surface area contributed by atoms with Crippen molar-refractivity contribution in [3.63, 3.8) is 0 Å². The Morgan fingerprint density at radius 2 is 1.77 bits per heavy atom. The van der Waals surface area contributed by atoms with Crippen molar-refractivity contribution in [3.05, 3.63) is 42.0 Å². The Morgan fingerprint density at radius 3 is 2.15 bits per heavy atom. The van der Waals surface area contributed by atoms with E-state index in [-0.39, 0.29) is 0 Å². The number of hydrogen-bond donors (Lipinski definition) is 0. The molecular weight excluding hydrogens is 160 g/mol. The van der Waals surface area contributed by atoms with E-state index in [1.54, 1.807) is 7.11 Å². The lowest BCUT2D eigenvalue weighted by atomic mass is 10.1. The fourth-order valence-corrected chi connectivity index (χ4v) is 0.917. The van der Waals surface area contributed by atoms with Crippen LogP contribution in [0.3, 0.4) is 0 Å². The second-order valence-electron chi connectivity index (χ2n) is 2.38. The van der Waals surface area contributed by atoms with Crippen molar-refractivity contribution in [3.8, 4) is 0 Å². The summed E-state index contributed by atoms with van der Waals surface area (Å²) in [5, 5.41) is 0. The Morgan fingerprint density at radius 1 is 1.23 bits per heavy atom. The summed E-state index contributed by atoms with van der Waals surface area (Å²) in [6.45, 7) is 8.35. The second-order valence-corrected chi connectivity index (χ2v) is 2.38. The predicted molar refractivity (Wildman–Crippen MR) is 58.6 cm³/mol. The predicted octanol–water partition coefficient (Wildman–Crippen LogP) is 3.50. The SMILES string of the molecule is C=Cc1ccc(COC)cc1.CC. The van der Waals surface area contributed by atoms with Gasteiger partial charge in [0.1, 0.15) is 0 Å². The average molecular weight is 178 g/mol. The molecule has 0 heterocycles. The molecule has 0 fully saturated rings. The van der Waals surface area contributed by atoms with E-state index < -0.39 is 0 Å². The Bertz CT molecular complexity index is 223. The van der Waals surface area contributed by atoms with Gasteiger partial charge in [-0.1, -0.05) is 50.8 Å². The van der Waals surface area contributed by atoms with Crippen molar-refractivity contribution in [1.82, 2.24) is 0 Å². The molecule has 0 aliphatic rings. The lowest BCUT2D eigenvalue weighted by Gasteiger charge is -1.98. The van der Waals surface area contributed by atoms with Crippen LogP contribution in [0.5, 0.6) is 0 Å². The largest absolute Gasteiger partial charge is 0.380 e. The van der Waals surface area contributed by atoms with Crippen LogP contribution in [0.2, 0.25) is 0 Å². The van der Waals surface area contributed by atoms with Gasteiger partial charge in [0.2, 0.25) is 0 Å². The molecule has 0 N–H and O–H groups in total. The highest BCUT2D eigenvalue weighted by molar-refractivity contribution is 5.47. The molecule has 0 amide bonds. The first-order chi connectivity index (χ1) is 6.36. The monoisotopic (exact) mass is 178 g/mol. The van der Waals surface area contributed by atoms with E-state index >= 15 is 0 Å². The van der Waals surface area contributed by atoms with Crippen LogP contribution >= 0.6 is 0 Å². The molecule has 0 saturated carbocycles. The van der Waals surface area contributed by atoms with Crippen LogP contribution in [0.15, 0.2) is 30.8 Å². The summed E-state index contributed by atoms with van der Waals surface area (Å²) in [6.07, 6.45) is 1.83. The maximum Gasteiger partial charge on any atom is 0.0713 e. The van der Waals surface area contributed by atoms with Crippen molar-refractivity contribution in [1.29, 1.82) is 0 Å². The summed E-state index contributed by atoms with van der Waals surface area (Å²) in [5.74, 6) is 0. The van der Waals surface area contributed by atoms with Crippen LogP contribution in [-0.2, 0) is 11.3 Å². The highest BCUT2D eigenvalue weighted by atomic mass is 16.5. The smallest absolute Gasteiger partial charge is 0.0713 e. The number of benzene rings is 1. The summed E-state index contributed by atoms with van der Waals surface area (Å²) in [7, 11) is 1.70. The average Bonchev–Trinajstić information content (AvgIpc) is 2.23. The fourth-order valence-electron chi connectivity index (χ4n) is 0.917. The summed E-state index contributed by atoms with van der Waals surface area (Å²) < 4.78 is 4.98. The summed E-state index contributed by atoms with van der Waals surface area (Å²) >= 11 is 0. The minimum absolute atomic E-state index is 0.678. The van der Waals surface area contributed by atoms with E-state index in [1.807, 2.05) is 44.2 Å². The third kappa shape index (κ3) is 4.48. The molecule has 1 aromatic carbocycles. The van der Waals surface area contributed by atoms with Gasteiger partial charge in [0.05, 0.1) is 6.61 Å². The van der Waals surface area contributed by atoms with E-state index in [9.17, 15) is 0 Å². The van der Waals surface area contributed by atoms with Crippen LogP contribution in [0.4, 0.5) is 0 Å². The zero-order chi connectivity index (χ0) is 10.1. The molecule has 72 valence electrons. The van der Waals surface area contributed by atoms with Crippen LogP contribution in [0.1, 0.15) is 25.0 Å². The molecule has 1 rings (SSSR count). The number of rotatable bonds is 3. The quantitative estimate of drug-likeness (QED) is 0.688. The van der Waals surface area contributed by atoms with Crippen molar-refractivity contribution in [2.45, 2.75) is 20.5 Å². The molecule has 0 spiro atoms. The Balaban J connectivity index is 0.000000671. The van der Waals surface area contributed by atoms with E-state index in [4.69, 9.17) is 4.74 Å². The van der Waals surface area contributed by atoms with Crippen LogP contribution in [0.25, 0.3) is 6.08 Å². The minimum Gasteiger partial charge on any atom is -0.380 e. The number of methoxy groups -OCH3 is 1. The molecule has 1 heteroatoms. The van der Waals surface area contributed by atoms with E-state index in [0.29, 0.717) is 6.61 Å². The number of hydrogen-bond acceptors (Lipinski definition) is 1. The molecule has 1 nitrogen and oxygen atoms in total. The Kier molecular flexibility index (Phi) is 6.93. The normalized spacial score (nSPS) is 8.54. The van der Waals surface area contributed by atoms with Crippen LogP contribution < -0.4 is 0 Å². The summed E-state index contributed by atoms with van der Waals surface area (Å²) in [5.41, 5.74) is 2.34. The van der Waals surface area contributed by atoms with Gasteiger partial charge in [0, 0.05) is 7.11 Å². The highest BCUT2D eigenvalue weighted by Crippen LogP contribution is 2.05. The van der Waals surface area contributed by atoms with Crippen molar-refractivity contribution < 1.29 is 4.74 Å². The van der Waals surface area contributed by atoms with Gasteiger partial charge in [-0.25, -0.2) is 0 Å². The molecule has 0 saturated heterocycles.